The largest absolute Gasteiger partial charge is 0.467 e. The first-order valence-corrected chi connectivity index (χ1v) is 6.00. The zero-order valence-corrected chi connectivity index (χ0v) is 10.6. The summed E-state index contributed by atoms with van der Waals surface area (Å²) in [6.45, 7) is 0.626. The Morgan fingerprint density at radius 2 is 2.32 bits per heavy atom. The summed E-state index contributed by atoms with van der Waals surface area (Å²) in [7, 11) is 2.02. The van der Waals surface area contributed by atoms with E-state index in [9.17, 15) is 0 Å². The van der Waals surface area contributed by atoms with Crippen LogP contribution in [-0.4, -0.2) is 10.4 Å². The van der Waals surface area contributed by atoms with Crippen LogP contribution >= 0.6 is 0 Å². The predicted molar refractivity (Wildman–Crippen MR) is 71.9 cm³/mol. The fourth-order valence-corrected chi connectivity index (χ4v) is 2.21. The normalized spacial score (nSPS) is 11.0. The summed E-state index contributed by atoms with van der Waals surface area (Å²) in [5.41, 5.74) is 8.36. The van der Waals surface area contributed by atoms with Gasteiger partial charge in [0.1, 0.15) is 30.4 Å². The summed E-state index contributed by atoms with van der Waals surface area (Å²) < 4.78 is 9.62. The molecule has 0 fully saturated rings. The highest BCUT2D eigenvalue weighted by atomic mass is 16.3. The van der Waals surface area contributed by atoms with Gasteiger partial charge in [-0.25, -0.2) is 0 Å². The lowest BCUT2D eigenvalue weighted by atomic mass is 10.3. The number of pyridine rings is 1. The van der Waals surface area contributed by atoms with Crippen molar-refractivity contribution in [2.45, 2.75) is 6.54 Å². The number of nitrogens with one attached hydrogen (secondary N) is 1. The molecular weight excluding hydrogens is 240 g/mol. The zero-order valence-electron chi connectivity index (χ0n) is 10.6. The summed E-state index contributed by atoms with van der Waals surface area (Å²) in [5.74, 6) is 0.813. The second kappa shape index (κ2) is 4.28. The standard InChI is InChI=1S/C14H15N4O/c1-17-5-2-3-13-12(17)4-6-18(13)8-11-7-10(9-19-11)14(15)16/h2-7,9H,8H2,1H3,(H3,15,16)/q+1. The van der Waals surface area contributed by atoms with E-state index in [1.54, 1.807) is 6.07 Å². The summed E-state index contributed by atoms with van der Waals surface area (Å²) in [6.07, 6.45) is 5.57. The van der Waals surface area contributed by atoms with Gasteiger partial charge >= 0.3 is 0 Å². The zero-order chi connectivity index (χ0) is 13.4. The second-order valence-electron chi connectivity index (χ2n) is 4.55. The number of nitrogens with zero attached hydrogens (tertiary/aromatic N) is 2. The molecule has 0 aromatic carbocycles. The number of rotatable bonds is 3. The molecule has 3 aromatic heterocycles. The summed E-state index contributed by atoms with van der Waals surface area (Å²) >= 11 is 0. The van der Waals surface area contributed by atoms with E-state index >= 15 is 0 Å². The van der Waals surface area contributed by atoms with Crippen LogP contribution in [0.4, 0.5) is 0 Å². The Kier molecular flexibility index (Phi) is 2.59. The molecule has 3 aromatic rings. The van der Waals surface area contributed by atoms with Gasteiger partial charge in [-0.3, -0.25) is 5.41 Å². The Morgan fingerprint density at radius 1 is 1.47 bits per heavy atom. The van der Waals surface area contributed by atoms with E-state index in [2.05, 4.69) is 21.3 Å². The van der Waals surface area contributed by atoms with E-state index in [1.807, 2.05) is 25.5 Å². The number of amidine groups is 1. The lowest BCUT2D eigenvalue weighted by Gasteiger charge is -2.01. The third kappa shape index (κ3) is 1.99. The first-order valence-electron chi connectivity index (χ1n) is 6.00. The van der Waals surface area contributed by atoms with Crippen molar-refractivity contribution < 1.29 is 8.98 Å². The van der Waals surface area contributed by atoms with Crippen molar-refractivity contribution in [3.8, 4) is 0 Å². The maximum Gasteiger partial charge on any atom is 0.230 e. The maximum absolute atomic E-state index is 7.37. The molecule has 0 atom stereocenters. The van der Waals surface area contributed by atoms with Crippen LogP contribution in [0.5, 0.6) is 0 Å². The Hall–Kier alpha value is -2.56. The SMILES string of the molecule is C[n+]1cccc2c1ccn2Cc1cc(C(=N)N)co1. The number of aryl methyl sites for hydroxylation is 1. The molecule has 5 heteroatoms. The third-order valence-corrected chi connectivity index (χ3v) is 3.22. The minimum absolute atomic E-state index is 0.0266. The highest BCUT2D eigenvalue weighted by Gasteiger charge is 2.11. The molecule has 0 aliphatic heterocycles. The average molecular weight is 255 g/mol. The van der Waals surface area contributed by atoms with Gasteiger partial charge in [0.25, 0.3) is 0 Å². The van der Waals surface area contributed by atoms with E-state index in [1.165, 1.54) is 11.8 Å². The molecule has 0 saturated carbocycles. The highest BCUT2D eigenvalue weighted by molar-refractivity contribution is 5.94. The van der Waals surface area contributed by atoms with Crippen molar-refractivity contribution in [3.05, 3.63) is 54.2 Å². The molecule has 0 radical (unpaired) electrons. The molecule has 0 bridgehead atoms. The number of hydrogen-bond donors (Lipinski definition) is 2. The van der Waals surface area contributed by atoms with Gasteiger partial charge in [0.15, 0.2) is 6.20 Å². The fourth-order valence-electron chi connectivity index (χ4n) is 2.21. The van der Waals surface area contributed by atoms with E-state index < -0.39 is 0 Å². The maximum atomic E-state index is 7.37. The predicted octanol–water partition coefficient (Wildman–Crippen LogP) is 1.39. The number of hydrogen-bond acceptors (Lipinski definition) is 2. The Balaban J connectivity index is 1.96. The number of aromatic nitrogens is 2. The lowest BCUT2D eigenvalue weighted by Crippen LogP contribution is -2.27. The quantitative estimate of drug-likeness (QED) is 0.422. The van der Waals surface area contributed by atoms with Gasteiger partial charge < -0.3 is 14.7 Å². The minimum atomic E-state index is 0.0266. The molecule has 96 valence electrons. The van der Waals surface area contributed by atoms with Gasteiger partial charge in [-0.2, -0.15) is 4.57 Å². The molecule has 5 nitrogen and oxygen atoms in total. The number of furan rings is 1. The third-order valence-electron chi connectivity index (χ3n) is 3.22. The minimum Gasteiger partial charge on any atom is -0.467 e. The smallest absolute Gasteiger partial charge is 0.230 e. The van der Waals surface area contributed by atoms with Crippen molar-refractivity contribution in [3.63, 3.8) is 0 Å². The van der Waals surface area contributed by atoms with Crippen LogP contribution in [0.2, 0.25) is 0 Å². The topological polar surface area (TPSA) is 71.8 Å². The molecule has 0 saturated heterocycles. The monoisotopic (exact) mass is 255 g/mol. The fraction of sp³-hybridized carbons (Fsp3) is 0.143. The van der Waals surface area contributed by atoms with Crippen molar-refractivity contribution in [2.75, 3.05) is 0 Å². The first-order chi connectivity index (χ1) is 9.15. The van der Waals surface area contributed by atoms with Crippen molar-refractivity contribution in [1.82, 2.24) is 4.57 Å². The number of fused-ring (bicyclic) bond motifs is 1. The Morgan fingerprint density at radius 3 is 3.05 bits per heavy atom. The van der Waals surface area contributed by atoms with E-state index in [0.29, 0.717) is 12.1 Å². The van der Waals surface area contributed by atoms with Crippen LogP contribution in [0.3, 0.4) is 0 Å². The lowest BCUT2D eigenvalue weighted by molar-refractivity contribution is -0.644. The highest BCUT2D eigenvalue weighted by Crippen LogP contribution is 2.15. The van der Waals surface area contributed by atoms with Crippen LogP contribution in [0.25, 0.3) is 11.0 Å². The van der Waals surface area contributed by atoms with E-state index in [4.69, 9.17) is 15.6 Å². The van der Waals surface area contributed by atoms with Crippen molar-refractivity contribution in [2.24, 2.45) is 12.8 Å². The van der Waals surface area contributed by atoms with Gasteiger partial charge in [-0.15, -0.1) is 0 Å². The van der Waals surface area contributed by atoms with Crippen LogP contribution < -0.4 is 10.3 Å². The van der Waals surface area contributed by atoms with Crippen LogP contribution in [0.15, 0.2) is 47.3 Å². The second-order valence-corrected chi connectivity index (χ2v) is 4.55. The summed E-state index contributed by atoms with van der Waals surface area (Å²) in [5, 5.41) is 7.37. The molecule has 3 N–H and O–H groups in total. The molecule has 3 rings (SSSR count). The van der Waals surface area contributed by atoms with Gasteiger partial charge in [-0.05, 0) is 12.1 Å². The van der Waals surface area contributed by atoms with E-state index in [-0.39, 0.29) is 5.84 Å². The molecule has 19 heavy (non-hydrogen) atoms. The molecular formula is C14H15N4O+. The first kappa shape index (κ1) is 11.5. The van der Waals surface area contributed by atoms with Crippen molar-refractivity contribution >= 4 is 16.9 Å². The molecule has 0 unspecified atom stereocenters. The average Bonchev–Trinajstić information content (AvgIpc) is 2.98. The molecule has 0 aliphatic rings. The van der Waals surface area contributed by atoms with Gasteiger partial charge in [0.05, 0.1) is 12.1 Å². The number of nitrogens with two attached hydrogens (primary N) is 1. The van der Waals surface area contributed by atoms with Crippen molar-refractivity contribution in [1.29, 1.82) is 5.41 Å². The van der Waals surface area contributed by atoms with E-state index in [0.717, 1.165) is 11.3 Å². The molecule has 0 aliphatic carbocycles. The molecule has 0 spiro atoms. The molecule has 0 amide bonds. The Labute approximate surface area is 110 Å². The van der Waals surface area contributed by atoms with Crippen LogP contribution in [0.1, 0.15) is 11.3 Å². The van der Waals surface area contributed by atoms with Crippen LogP contribution in [0, 0.1) is 5.41 Å². The molecule has 3 heterocycles. The van der Waals surface area contributed by atoms with Crippen LogP contribution in [-0.2, 0) is 13.6 Å². The summed E-state index contributed by atoms with van der Waals surface area (Å²) in [4.78, 5) is 0. The van der Waals surface area contributed by atoms with Gasteiger partial charge in [0, 0.05) is 18.3 Å². The summed E-state index contributed by atoms with van der Waals surface area (Å²) in [6, 6.07) is 7.97. The number of nitrogen functional groups attached to an aromatic ring is 1. The van der Waals surface area contributed by atoms with Gasteiger partial charge in [0.2, 0.25) is 5.52 Å². The van der Waals surface area contributed by atoms with Gasteiger partial charge in [-0.1, -0.05) is 0 Å². The Bertz CT molecular complexity index is 754.